The molecule has 0 aromatic heterocycles. The minimum Gasteiger partial charge on any atom is -0.478 e. The van der Waals surface area contributed by atoms with Crippen LogP contribution in [0.4, 0.5) is 0 Å². The summed E-state index contributed by atoms with van der Waals surface area (Å²) in [5.74, 6) is 4.30. The van der Waals surface area contributed by atoms with E-state index in [1.165, 1.54) is 6.42 Å². The van der Waals surface area contributed by atoms with E-state index in [2.05, 4.69) is 48.6 Å². The van der Waals surface area contributed by atoms with Gasteiger partial charge in [0.05, 0.1) is 0 Å². The van der Waals surface area contributed by atoms with E-state index >= 15 is 0 Å². The van der Waals surface area contributed by atoms with Crippen LogP contribution in [0.2, 0.25) is 0 Å². The molecule has 4 nitrogen and oxygen atoms in total. The van der Waals surface area contributed by atoms with Crippen molar-refractivity contribution in [1.82, 2.24) is 0 Å². The Morgan fingerprint density at radius 3 is 1.74 bits per heavy atom. The highest BCUT2D eigenvalue weighted by atomic mass is 16.4. The van der Waals surface area contributed by atoms with Gasteiger partial charge in [0.1, 0.15) is 0 Å². The van der Waals surface area contributed by atoms with Gasteiger partial charge in [0, 0.05) is 11.1 Å². The van der Waals surface area contributed by atoms with E-state index in [9.17, 15) is 19.8 Å². The fourth-order valence-corrected chi connectivity index (χ4v) is 10.4. The second-order valence-corrected chi connectivity index (χ2v) is 12.0. The number of rotatable bonds is 2. The summed E-state index contributed by atoms with van der Waals surface area (Å²) >= 11 is 0. The Kier molecular flexibility index (Phi) is 4.67. The second-order valence-electron chi connectivity index (χ2n) is 12.0. The summed E-state index contributed by atoms with van der Waals surface area (Å²) in [6, 6.07) is 0. The highest BCUT2D eigenvalue weighted by Crippen LogP contribution is 2.70. The van der Waals surface area contributed by atoms with Crippen LogP contribution in [0, 0.1) is 71.0 Å². The Morgan fingerprint density at radius 1 is 0.618 bits per heavy atom. The van der Waals surface area contributed by atoms with Crippen molar-refractivity contribution < 1.29 is 19.8 Å². The van der Waals surface area contributed by atoms with Crippen LogP contribution in [-0.2, 0) is 9.59 Å². The molecule has 0 saturated heterocycles. The maximum absolute atomic E-state index is 12.0. The molecular weight excluding hydrogens is 424 g/mol. The maximum atomic E-state index is 12.0. The monoisotopic (exact) mass is 458 g/mol. The molecule has 12 unspecified atom stereocenters. The molecule has 0 spiro atoms. The topological polar surface area (TPSA) is 74.6 Å². The van der Waals surface area contributed by atoms with E-state index in [1.54, 1.807) is 0 Å². The summed E-state index contributed by atoms with van der Waals surface area (Å²) in [6.07, 6.45) is 24.3. The molecule has 0 aromatic rings. The lowest BCUT2D eigenvalue weighted by molar-refractivity contribution is -0.170. The third kappa shape index (κ3) is 2.77. The number of carbonyl (C=O) groups is 2. The normalized spacial score (nSPS) is 49.5. The van der Waals surface area contributed by atoms with Crippen molar-refractivity contribution in [3.05, 3.63) is 59.8 Å². The van der Waals surface area contributed by atoms with Crippen molar-refractivity contribution in [3.8, 4) is 0 Å². The maximum Gasteiger partial charge on any atom is 0.331 e. The largest absolute Gasteiger partial charge is 0.478 e. The number of allylic oxidation sites excluding steroid dienone is 8. The van der Waals surface area contributed by atoms with Crippen LogP contribution < -0.4 is 0 Å². The highest BCUT2D eigenvalue weighted by Gasteiger charge is 2.65. The molecule has 10 aliphatic rings. The van der Waals surface area contributed by atoms with Gasteiger partial charge in [-0.25, -0.2) is 9.59 Å². The van der Waals surface area contributed by atoms with Gasteiger partial charge in [0.2, 0.25) is 0 Å². The zero-order valence-corrected chi connectivity index (χ0v) is 19.5. The van der Waals surface area contributed by atoms with E-state index in [-0.39, 0.29) is 0 Å². The molecule has 178 valence electrons. The zero-order valence-electron chi connectivity index (χ0n) is 19.5. The van der Waals surface area contributed by atoms with Gasteiger partial charge in [-0.05, 0) is 110 Å². The van der Waals surface area contributed by atoms with E-state index in [0.29, 0.717) is 95.0 Å². The Balaban J connectivity index is 1.46. The molecule has 0 radical (unpaired) electrons. The van der Waals surface area contributed by atoms with Gasteiger partial charge in [-0.2, -0.15) is 0 Å². The van der Waals surface area contributed by atoms with Crippen LogP contribution in [0.1, 0.15) is 38.5 Å². The first-order valence-electron chi connectivity index (χ1n) is 13.4. The van der Waals surface area contributed by atoms with Crippen molar-refractivity contribution in [3.63, 3.8) is 0 Å². The Bertz CT molecular complexity index is 1080. The van der Waals surface area contributed by atoms with Crippen molar-refractivity contribution in [1.29, 1.82) is 0 Å². The van der Waals surface area contributed by atoms with Crippen molar-refractivity contribution in [2.24, 2.45) is 71.0 Å². The summed E-state index contributed by atoms with van der Waals surface area (Å²) in [7, 11) is 0. The van der Waals surface area contributed by atoms with Gasteiger partial charge < -0.3 is 10.2 Å². The molecule has 2 N–H and O–H groups in total. The minimum absolute atomic E-state index is 0.330. The number of aliphatic carboxylic acids is 2. The first-order chi connectivity index (χ1) is 16.5. The van der Waals surface area contributed by atoms with Crippen LogP contribution in [0.25, 0.3) is 0 Å². The van der Waals surface area contributed by atoms with Crippen LogP contribution in [-0.4, -0.2) is 22.2 Å². The molecule has 12 atom stereocenters. The van der Waals surface area contributed by atoms with Crippen molar-refractivity contribution >= 4 is 11.9 Å². The zero-order chi connectivity index (χ0) is 23.1. The summed E-state index contributed by atoms with van der Waals surface area (Å²) < 4.78 is 0. The van der Waals surface area contributed by atoms with Gasteiger partial charge in [-0.3, -0.25) is 0 Å². The predicted molar refractivity (Wildman–Crippen MR) is 128 cm³/mol. The molecule has 10 rings (SSSR count). The fraction of sp³-hybridized carbons (Fsp3) is 0.600. The third-order valence-corrected chi connectivity index (χ3v) is 11.2. The molecule has 0 aromatic carbocycles. The van der Waals surface area contributed by atoms with Gasteiger partial charge in [-0.15, -0.1) is 0 Å². The Labute approximate surface area is 201 Å². The van der Waals surface area contributed by atoms with E-state index in [4.69, 9.17) is 0 Å². The number of carboxylic acid groups (broad SMARTS) is 2. The lowest BCUT2D eigenvalue weighted by Gasteiger charge is -2.68. The number of hydrogen-bond acceptors (Lipinski definition) is 2. The van der Waals surface area contributed by atoms with Crippen molar-refractivity contribution in [2.75, 3.05) is 0 Å². The fourth-order valence-electron chi connectivity index (χ4n) is 10.4. The van der Waals surface area contributed by atoms with Gasteiger partial charge >= 0.3 is 11.9 Å². The van der Waals surface area contributed by atoms with Gasteiger partial charge in [-0.1, -0.05) is 48.6 Å². The molecule has 6 saturated carbocycles. The van der Waals surface area contributed by atoms with Crippen LogP contribution in [0.3, 0.4) is 0 Å². The van der Waals surface area contributed by atoms with Crippen LogP contribution in [0.15, 0.2) is 59.8 Å². The Hall–Kier alpha value is -2.36. The molecule has 4 heteroatoms. The highest BCUT2D eigenvalue weighted by molar-refractivity contribution is 5.87. The minimum atomic E-state index is -0.739. The molecule has 4 bridgehead atoms. The average molecular weight is 459 g/mol. The summed E-state index contributed by atoms with van der Waals surface area (Å²) in [5.41, 5.74) is 1.26. The van der Waals surface area contributed by atoms with E-state index in [0.717, 1.165) is 19.3 Å². The summed E-state index contributed by atoms with van der Waals surface area (Å²) in [4.78, 5) is 24.0. The van der Waals surface area contributed by atoms with Crippen molar-refractivity contribution in [2.45, 2.75) is 38.5 Å². The van der Waals surface area contributed by atoms with E-state index in [1.807, 2.05) is 0 Å². The standard InChI is InChI=1S/C30H34O4/c31-29(32)15-9-11-21-23(13-15)27-19-7-3-1-5-17(19)25(21)28-20-8-4-2-6-18(20)26(27)22-12-10-16(30(33)34)14-24(22)28/h1-3,5-7,13-14,17-28H,4,8-12H2,(H,31,32)(H,33,34). The number of carboxylic acids is 2. The molecule has 10 aliphatic carbocycles. The first kappa shape index (κ1) is 21.0. The molecular formula is C30H34O4. The van der Waals surface area contributed by atoms with Crippen LogP contribution in [0.5, 0.6) is 0 Å². The molecule has 0 heterocycles. The van der Waals surface area contributed by atoms with Crippen LogP contribution >= 0.6 is 0 Å². The third-order valence-electron chi connectivity index (χ3n) is 11.2. The molecule has 0 amide bonds. The lowest BCUT2D eigenvalue weighted by Crippen LogP contribution is -2.64. The van der Waals surface area contributed by atoms with Gasteiger partial charge in [0.25, 0.3) is 0 Å². The van der Waals surface area contributed by atoms with Gasteiger partial charge in [0.15, 0.2) is 0 Å². The Morgan fingerprint density at radius 2 is 1.12 bits per heavy atom. The SMILES string of the molecule is O=C(O)C1=CC2C(CC1)C1C3C=CCCC3C2C2C3C=CC=CC3C1C1C=C(C(=O)O)CCC12. The molecule has 6 fully saturated rings. The average Bonchev–Trinajstić information content (AvgIpc) is 2.84. The predicted octanol–water partition coefficient (Wildman–Crippen LogP) is 5.51. The summed E-state index contributed by atoms with van der Waals surface area (Å²) in [5, 5.41) is 19.8. The second kappa shape index (κ2) is 7.57. The first-order valence-corrected chi connectivity index (χ1v) is 13.4. The molecule has 34 heavy (non-hydrogen) atoms. The van der Waals surface area contributed by atoms with E-state index < -0.39 is 11.9 Å². The molecule has 0 aliphatic heterocycles. The number of hydrogen-bond donors (Lipinski definition) is 2. The lowest BCUT2D eigenvalue weighted by atomic mass is 9.35. The quantitative estimate of drug-likeness (QED) is 0.535. The summed E-state index contributed by atoms with van der Waals surface area (Å²) in [6.45, 7) is 0. The smallest absolute Gasteiger partial charge is 0.331 e.